The lowest BCUT2D eigenvalue weighted by Crippen LogP contribution is -2.76. The maximum atomic E-state index is 13.6. The van der Waals surface area contributed by atoms with E-state index < -0.39 is 5.54 Å². The van der Waals surface area contributed by atoms with E-state index in [4.69, 9.17) is 0 Å². The molecular formula is C24H37N3O. The number of carbonyl (C=O) groups excluding carboxylic acids is 1. The van der Waals surface area contributed by atoms with Crippen LogP contribution in [0, 0.1) is 29.6 Å². The van der Waals surface area contributed by atoms with Gasteiger partial charge in [0.25, 0.3) is 0 Å². The molecule has 3 saturated heterocycles. The zero-order valence-electron chi connectivity index (χ0n) is 17.9. The molecule has 1 aromatic carbocycles. The largest absolute Gasteiger partial charge is 0.354 e. The Labute approximate surface area is 170 Å². The van der Waals surface area contributed by atoms with Crippen molar-refractivity contribution in [3.63, 3.8) is 0 Å². The summed E-state index contributed by atoms with van der Waals surface area (Å²) in [5.74, 6) is 3.13. The first-order chi connectivity index (χ1) is 13.4. The van der Waals surface area contributed by atoms with Crippen molar-refractivity contribution in [2.75, 3.05) is 19.6 Å². The third-order valence-corrected chi connectivity index (χ3v) is 7.23. The molecule has 154 valence electrons. The Balaban J connectivity index is 1.65. The minimum atomic E-state index is -0.405. The van der Waals surface area contributed by atoms with Gasteiger partial charge in [-0.1, -0.05) is 58.0 Å². The number of hydrogen-bond donors (Lipinski definition) is 2. The van der Waals surface area contributed by atoms with Gasteiger partial charge in [-0.05, 0) is 48.6 Å². The summed E-state index contributed by atoms with van der Waals surface area (Å²) < 4.78 is 0. The Morgan fingerprint density at radius 3 is 2.64 bits per heavy atom. The van der Waals surface area contributed by atoms with E-state index in [2.05, 4.69) is 73.6 Å². The van der Waals surface area contributed by atoms with Gasteiger partial charge in [0.1, 0.15) is 5.54 Å². The van der Waals surface area contributed by atoms with Crippen molar-refractivity contribution in [1.82, 2.24) is 15.5 Å². The highest BCUT2D eigenvalue weighted by atomic mass is 16.2. The Morgan fingerprint density at radius 2 is 1.96 bits per heavy atom. The van der Waals surface area contributed by atoms with Crippen LogP contribution in [0.3, 0.4) is 0 Å². The topological polar surface area (TPSA) is 44.4 Å². The third kappa shape index (κ3) is 3.39. The highest BCUT2D eigenvalue weighted by Gasteiger charge is 2.67. The highest BCUT2D eigenvalue weighted by molar-refractivity contribution is 5.89. The van der Waals surface area contributed by atoms with Gasteiger partial charge in [-0.3, -0.25) is 9.69 Å². The number of likely N-dealkylation sites (tertiary alicyclic amines) is 1. The first-order valence-corrected chi connectivity index (χ1v) is 11.2. The van der Waals surface area contributed by atoms with Gasteiger partial charge in [-0.15, -0.1) is 0 Å². The standard InChI is InChI=1S/C24H37N3O/c1-16(2)10-21-19-11-20-15-27(14-18-8-6-5-7-9-18)22(21)24(20,26-13-19)23(28)25-12-17(3)4/h5-9,16-17,19-22,26H,10-15H2,1-4H3,(H,25,28). The van der Waals surface area contributed by atoms with Crippen LogP contribution >= 0.6 is 0 Å². The minimum absolute atomic E-state index is 0.249. The zero-order valence-corrected chi connectivity index (χ0v) is 17.9. The third-order valence-electron chi connectivity index (χ3n) is 7.23. The molecule has 5 atom stereocenters. The van der Waals surface area contributed by atoms with Crippen LogP contribution in [-0.2, 0) is 11.3 Å². The van der Waals surface area contributed by atoms with Crippen LogP contribution in [0.4, 0.5) is 0 Å². The molecular weight excluding hydrogens is 346 g/mol. The molecule has 28 heavy (non-hydrogen) atoms. The van der Waals surface area contributed by atoms with Crippen LogP contribution in [0.15, 0.2) is 30.3 Å². The molecule has 4 fully saturated rings. The van der Waals surface area contributed by atoms with E-state index in [0.29, 0.717) is 35.6 Å². The molecule has 4 bridgehead atoms. The minimum Gasteiger partial charge on any atom is -0.354 e. The lowest BCUT2D eigenvalue weighted by molar-refractivity contribution is -0.139. The average Bonchev–Trinajstić information content (AvgIpc) is 2.92. The predicted octanol–water partition coefficient (Wildman–Crippen LogP) is 3.28. The quantitative estimate of drug-likeness (QED) is 0.759. The summed E-state index contributed by atoms with van der Waals surface area (Å²) in [4.78, 5) is 16.2. The van der Waals surface area contributed by atoms with Crippen LogP contribution in [0.5, 0.6) is 0 Å². The predicted molar refractivity (Wildman–Crippen MR) is 114 cm³/mol. The molecule has 5 rings (SSSR count). The Hall–Kier alpha value is -1.39. The fourth-order valence-electron chi connectivity index (χ4n) is 6.21. The Morgan fingerprint density at radius 1 is 1.21 bits per heavy atom. The number of hydrogen-bond acceptors (Lipinski definition) is 3. The van der Waals surface area contributed by atoms with Crippen molar-refractivity contribution in [3.8, 4) is 0 Å². The fraction of sp³-hybridized carbons (Fsp3) is 0.708. The normalized spacial score (nSPS) is 34.4. The van der Waals surface area contributed by atoms with E-state index >= 15 is 0 Å². The number of rotatable bonds is 7. The summed E-state index contributed by atoms with van der Waals surface area (Å²) in [6.45, 7) is 12.7. The average molecular weight is 384 g/mol. The van der Waals surface area contributed by atoms with Crippen LogP contribution in [0.1, 0.15) is 46.1 Å². The van der Waals surface area contributed by atoms with E-state index in [9.17, 15) is 4.79 Å². The fourth-order valence-corrected chi connectivity index (χ4v) is 6.21. The Kier molecular flexibility index (Phi) is 5.54. The lowest BCUT2D eigenvalue weighted by Gasteiger charge is -2.56. The van der Waals surface area contributed by atoms with Gasteiger partial charge in [-0.25, -0.2) is 0 Å². The van der Waals surface area contributed by atoms with Gasteiger partial charge >= 0.3 is 0 Å². The molecule has 1 amide bonds. The van der Waals surface area contributed by atoms with Crippen LogP contribution < -0.4 is 10.6 Å². The number of benzene rings is 1. The van der Waals surface area contributed by atoms with E-state index in [0.717, 1.165) is 26.2 Å². The van der Waals surface area contributed by atoms with Gasteiger partial charge in [0.05, 0.1) is 0 Å². The monoisotopic (exact) mass is 383 g/mol. The van der Waals surface area contributed by atoms with Crippen molar-refractivity contribution in [2.45, 2.75) is 58.7 Å². The summed E-state index contributed by atoms with van der Waals surface area (Å²) in [7, 11) is 0. The first-order valence-electron chi connectivity index (χ1n) is 11.2. The molecule has 0 spiro atoms. The second-order valence-electron chi connectivity index (χ2n) is 10.2. The van der Waals surface area contributed by atoms with Gasteiger partial charge in [0.15, 0.2) is 0 Å². The van der Waals surface area contributed by atoms with Crippen LogP contribution in [0.25, 0.3) is 0 Å². The van der Waals surface area contributed by atoms with E-state index in [-0.39, 0.29) is 5.91 Å². The number of nitrogens with one attached hydrogen (secondary N) is 2. The van der Waals surface area contributed by atoms with Gasteiger partial charge in [0, 0.05) is 31.6 Å². The number of carbonyl (C=O) groups is 1. The van der Waals surface area contributed by atoms with Crippen molar-refractivity contribution < 1.29 is 4.79 Å². The van der Waals surface area contributed by atoms with Crippen molar-refractivity contribution in [3.05, 3.63) is 35.9 Å². The molecule has 0 aromatic heterocycles. The molecule has 0 radical (unpaired) electrons. The number of nitrogens with zero attached hydrogens (tertiary/aromatic N) is 1. The van der Waals surface area contributed by atoms with E-state index in [1.54, 1.807) is 0 Å². The highest BCUT2D eigenvalue weighted by Crippen LogP contribution is 2.54. The molecule has 2 N–H and O–H groups in total. The molecule has 4 aliphatic rings. The molecule has 4 nitrogen and oxygen atoms in total. The molecule has 4 heteroatoms. The molecule has 5 unspecified atom stereocenters. The summed E-state index contributed by atoms with van der Waals surface area (Å²) in [6.07, 6.45) is 2.41. The van der Waals surface area contributed by atoms with E-state index in [1.807, 2.05) is 0 Å². The summed E-state index contributed by atoms with van der Waals surface area (Å²) in [5.41, 5.74) is 0.949. The second kappa shape index (κ2) is 7.79. The molecule has 3 heterocycles. The second-order valence-corrected chi connectivity index (χ2v) is 10.2. The van der Waals surface area contributed by atoms with Crippen LogP contribution in [0.2, 0.25) is 0 Å². The van der Waals surface area contributed by atoms with Crippen LogP contribution in [-0.4, -0.2) is 42.0 Å². The number of amides is 1. The molecule has 3 aliphatic heterocycles. The number of fused-ring (bicyclic) bond motifs is 1. The van der Waals surface area contributed by atoms with E-state index in [1.165, 1.54) is 18.4 Å². The molecule has 1 saturated carbocycles. The smallest absolute Gasteiger partial charge is 0.242 e. The van der Waals surface area contributed by atoms with Gasteiger partial charge in [-0.2, -0.15) is 0 Å². The van der Waals surface area contributed by atoms with Crippen molar-refractivity contribution in [2.24, 2.45) is 29.6 Å². The lowest BCUT2D eigenvalue weighted by atomic mass is 9.58. The first kappa shape index (κ1) is 19.9. The number of piperidine rings is 2. The zero-order chi connectivity index (χ0) is 19.9. The SMILES string of the molecule is CC(C)CNC(=O)C12NCC3CC1CN(Cc1ccccc1)C2C3CC(C)C. The van der Waals surface area contributed by atoms with Crippen molar-refractivity contribution >= 4 is 5.91 Å². The maximum Gasteiger partial charge on any atom is 0.242 e. The molecule has 1 aromatic rings. The molecule has 1 aliphatic carbocycles. The van der Waals surface area contributed by atoms with Gasteiger partial charge < -0.3 is 10.6 Å². The summed E-state index contributed by atoms with van der Waals surface area (Å²) in [5, 5.41) is 7.08. The summed E-state index contributed by atoms with van der Waals surface area (Å²) >= 11 is 0. The van der Waals surface area contributed by atoms with Gasteiger partial charge in [0.2, 0.25) is 5.91 Å². The van der Waals surface area contributed by atoms with Crippen molar-refractivity contribution in [1.29, 1.82) is 0 Å². The summed E-state index contributed by atoms with van der Waals surface area (Å²) in [6, 6.07) is 11.1. The Bertz CT molecular complexity index is 688. The maximum absolute atomic E-state index is 13.6.